The SMILES string of the molecule is CCCSCCC(C)(CO)NC(C)C. The second-order valence-electron chi connectivity index (χ2n) is 4.38. The van der Waals surface area contributed by atoms with Crippen molar-refractivity contribution in [3.63, 3.8) is 0 Å². The van der Waals surface area contributed by atoms with Crippen molar-refractivity contribution in [2.45, 2.75) is 52.1 Å². The minimum Gasteiger partial charge on any atom is -0.394 e. The highest BCUT2D eigenvalue weighted by molar-refractivity contribution is 7.99. The lowest BCUT2D eigenvalue weighted by Crippen LogP contribution is -2.49. The normalized spacial score (nSPS) is 15.9. The average molecular weight is 219 g/mol. The Morgan fingerprint density at radius 3 is 2.43 bits per heavy atom. The number of hydrogen-bond acceptors (Lipinski definition) is 3. The molecule has 0 bridgehead atoms. The van der Waals surface area contributed by atoms with Gasteiger partial charge in [-0.25, -0.2) is 0 Å². The highest BCUT2D eigenvalue weighted by atomic mass is 32.2. The molecule has 0 aliphatic carbocycles. The van der Waals surface area contributed by atoms with Crippen LogP contribution in [0.5, 0.6) is 0 Å². The molecular weight excluding hydrogens is 194 g/mol. The van der Waals surface area contributed by atoms with Gasteiger partial charge in [0.15, 0.2) is 0 Å². The van der Waals surface area contributed by atoms with E-state index in [4.69, 9.17) is 0 Å². The molecule has 0 heterocycles. The Balaban J connectivity index is 3.75. The predicted octanol–water partition coefficient (Wildman–Crippen LogP) is 2.27. The van der Waals surface area contributed by atoms with E-state index >= 15 is 0 Å². The molecule has 3 heteroatoms. The fourth-order valence-electron chi connectivity index (χ4n) is 1.44. The molecule has 0 rings (SSSR count). The minimum absolute atomic E-state index is 0.102. The third-order valence-corrected chi connectivity index (χ3v) is 3.32. The number of rotatable bonds is 8. The van der Waals surface area contributed by atoms with Crippen LogP contribution in [-0.4, -0.2) is 34.8 Å². The van der Waals surface area contributed by atoms with Crippen molar-refractivity contribution in [2.75, 3.05) is 18.1 Å². The van der Waals surface area contributed by atoms with E-state index in [-0.39, 0.29) is 12.1 Å². The maximum absolute atomic E-state index is 9.32. The van der Waals surface area contributed by atoms with Crippen LogP contribution in [0.3, 0.4) is 0 Å². The molecule has 0 saturated heterocycles. The van der Waals surface area contributed by atoms with E-state index in [1.54, 1.807) is 0 Å². The summed E-state index contributed by atoms with van der Waals surface area (Å²) in [5, 5.41) is 12.7. The minimum atomic E-state index is -0.102. The maximum Gasteiger partial charge on any atom is 0.0610 e. The van der Waals surface area contributed by atoms with Crippen LogP contribution in [0.25, 0.3) is 0 Å². The summed E-state index contributed by atoms with van der Waals surface area (Å²) in [6.45, 7) is 8.75. The van der Waals surface area contributed by atoms with Gasteiger partial charge in [0.05, 0.1) is 6.61 Å². The molecule has 1 atom stereocenters. The highest BCUT2D eigenvalue weighted by Crippen LogP contribution is 2.15. The quantitative estimate of drug-likeness (QED) is 0.614. The molecule has 0 spiro atoms. The standard InChI is InChI=1S/C11H25NOS/c1-5-7-14-8-6-11(4,9-13)12-10(2)3/h10,12-13H,5-9H2,1-4H3. The van der Waals surface area contributed by atoms with E-state index in [1.807, 2.05) is 11.8 Å². The zero-order valence-electron chi connectivity index (χ0n) is 9.97. The zero-order valence-corrected chi connectivity index (χ0v) is 10.8. The van der Waals surface area contributed by atoms with Crippen molar-refractivity contribution >= 4 is 11.8 Å². The van der Waals surface area contributed by atoms with Crippen molar-refractivity contribution < 1.29 is 5.11 Å². The number of nitrogens with one attached hydrogen (secondary N) is 1. The smallest absolute Gasteiger partial charge is 0.0610 e. The topological polar surface area (TPSA) is 32.3 Å². The third-order valence-electron chi connectivity index (χ3n) is 2.13. The number of thioether (sulfide) groups is 1. The van der Waals surface area contributed by atoms with Crippen molar-refractivity contribution in [3.05, 3.63) is 0 Å². The molecule has 1 unspecified atom stereocenters. The van der Waals surface area contributed by atoms with Crippen molar-refractivity contribution in [1.29, 1.82) is 0 Å². The molecule has 0 radical (unpaired) electrons. The van der Waals surface area contributed by atoms with Gasteiger partial charge in [-0.05, 0) is 31.3 Å². The molecule has 0 fully saturated rings. The van der Waals surface area contributed by atoms with E-state index in [0.717, 1.165) is 12.2 Å². The molecule has 0 aromatic rings. The predicted molar refractivity (Wildman–Crippen MR) is 66.0 cm³/mol. The number of aliphatic hydroxyl groups is 1. The summed E-state index contributed by atoms with van der Waals surface area (Å²) in [7, 11) is 0. The Morgan fingerprint density at radius 1 is 1.36 bits per heavy atom. The first-order chi connectivity index (χ1) is 6.54. The third kappa shape index (κ3) is 6.68. The second-order valence-corrected chi connectivity index (χ2v) is 5.60. The summed E-state index contributed by atoms with van der Waals surface area (Å²) < 4.78 is 0. The van der Waals surface area contributed by atoms with Crippen LogP contribution in [0.2, 0.25) is 0 Å². The van der Waals surface area contributed by atoms with Crippen LogP contribution < -0.4 is 5.32 Å². The summed E-state index contributed by atoms with van der Waals surface area (Å²) in [6, 6.07) is 0.434. The molecular formula is C11H25NOS. The molecule has 14 heavy (non-hydrogen) atoms. The van der Waals surface area contributed by atoms with Gasteiger partial charge in [0, 0.05) is 11.6 Å². The Bertz CT molecular complexity index is 141. The summed E-state index contributed by atoms with van der Waals surface area (Å²) in [5.41, 5.74) is -0.102. The van der Waals surface area contributed by atoms with Gasteiger partial charge < -0.3 is 10.4 Å². The molecule has 86 valence electrons. The van der Waals surface area contributed by atoms with E-state index in [0.29, 0.717) is 6.04 Å². The molecule has 2 nitrogen and oxygen atoms in total. The highest BCUT2D eigenvalue weighted by Gasteiger charge is 2.22. The van der Waals surface area contributed by atoms with Crippen LogP contribution in [0, 0.1) is 0 Å². The van der Waals surface area contributed by atoms with Gasteiger partial charge in [-0.2, -0.15) is 11.8 Å². The lowest BCUT2D eigenvalue weighted by atomic mass is 9.99. The lowest BCUT2D eigenvalue weighted by Gasteiger charge is -2.31. The average Bonchev–Trinajstić information content (AvgIpc) is 2.11. The maximum atomic E-state index is 9.32. The van der Waals surface area contributed by atoms with E-state index < -0.39 is 0 Å². The van der Waals surface area contributed by atoms with Crippen LogP contribution in [0.15, 0.2) is 0 Å². The summed E-state index contributed by atoms with van der Waals surface area (Å²) in [5.74, 6) is 2.35. The summed E-state index contributed by atoms with van der Waals surface area (Å²) >= 11 is 1.97. The first kappa shape index (κ1) is 14.3. The van der Waals surface area contributed by atoms with Crippen molar-refractivity contribution in [3.8, 4) is 0 Å². The Hall–Kier alpha value is 0.270. The van der Waals surface area contributed by atoms with E-state index in [9.17, 15) is 5.11 Å². The fourth-order valence-corrected chi connectivity index (χ4v) is 2.53. The Labute approximate surface area is 92.9 Å². The van der Waals surface area contributed by atoms with Crippen LogP contribution in [0.4, 0.5) is 0 Å². The summed E-state index contributed by atoms with van der Waals surface area (Å²) in [6.07, 6.45) is 2.27. The lowest BCUT2D eigenvalue weighted by molar-refractivity contribution is 0.162. The molecule has 0 aromatic heterocycles. The second kappa shape index (κ2) is 7.55. The largest absolute Gasteiger partial charge is 0.394 e. The number of aliphatic hydroxyl groups excluding tert-OH is 1. The van der Waals surface area contributed by atoms with Gasteiger partial charge in [-0.15, -0.1) is 0 Å². The molecule has 0 aliphatic heterocycles. The van der Waals surface area contributed by atoms with Gasteiger partial charge >= 0.3 is 0 Å². The number of hydrogen-bond donors (Lipinski definition) is 2. The van der Waals surface area contributed by atoms with Gasteiger partial charge in [0.25, 0.3) is 0 Å². The van der Waals surface area contributed by atoms with Gasteiger partial charge in [0.2, 0.25) is 0 Å². The molecule has 0 aliphatic rings. The van der Waals surface area contributed by atoms with Crippen LogP contribution in [0.1, 0.15) is 40.5 Å². The zero-order chi connectivity index (χ0) is 11.0. The Kier molecular flexibility index (Phi) is 7.69. The van der Waals surface area contributed by atoms with Crippen molar-refractivity contribution in [2.24, 2.45) is 0 Å². The molecule has 0 aromatic carbocycles. The van der Waals surface area contributed by atoms with Gasteiger partial charge in [-0.3, -0.25) is 0 Å². The van der Waals surface area contributed by atoms with Gasteiger partial charge in [-0.1, -0.05) is 20.8 Å². The molecule has 2 N–H and O–H groups in total. The molecule has 0 amide bonds. The first-order valence-electron chi connectivity index (χ1n) is 5.50. The Morgan fingerprint density at radius 2 is 2.00 bits per heavy atom. The fraction of sp³-hybridized carbons (Fsp3) is 1.00. The van der Waals surface area contributed by atoms with E-state index in [2.05, 4.69) is 33.0 Å². The van der Waals surface area contributed by atoms with E-state index in [1.165, 1.54) is 12.2 Å². The van der Waals surface area contributed by atoms with Crippen LogP contribution in [-0.2, 0) is 0 Å². The summed E-state index contributed by atoms with van der Waals surface area (Å²) in [4.78, 5) is 0. The monoisotopic (exact) mass is 219 g/mol. The van der Waals surface area contributed by atoms with Gasteiger partial charge in [0.1, 0.15) is 0 Å². The first-order valence-corrected chi connectivity index (χ1v) is 6.66. The van der Waals surface area contributed by atoms with Crippen LogP contribution >= 0.6 is 11.8 Å². The molecule has 0 saturated carbocycles. The van der Waals surface area contributed by atoms with Crippen molar-refractivity contribution in [1.82, 2.24) is 5.32 Å².